The molecule has 0 bridgehead atoms. The summed E-state index contributed by atoms with van der Waals surface area (Å²) in [5.41, 5.74) is 4.09. The Balaban J connectivity index is 4.14. The first-order valence-electron chi connectivity index (χ1n) is 9.62. The van der Waals surface area contributed by atoms with Gasteiger partial charge in [-0.3, -0.25) is 4.57 Å². The third kappa shape index (κ3) is 14.1. The van der Waals surface area contributed by atoms with Gasteiger partial charge >= 0.3 is 15.4 Å². The minimum atomic E-state index is -4.42. The molecule has 0 fully saturated rings. The van der Waals surface area contributed by atoms with Gasteiger partial charge in [-0.25, -0.2) is 0 Å². The molecule has 2 atom stereocenters. The van der Waals surface area contributed by atoms with Crippen LogP contribution in [0.1, 0.15) is 79.1 Å². The van der Waals surface area contributed by atoms with Gasteiger partial charge in [0.25, 0.3) is 5.40 Å². The van der Waals surface area contributed by atoms with Crippen LogP contribution in [0.3, 0.4) is 0 Å². The van der Waals surface area contributed by atoms with E-state index in [1.807, 2.05) is 0 Å². The van der Waals surface area contributed by atoms with Crippen molar-refractivity contribution in [2.24, 2.45) is 0 Å². The Kier molecular flexibility index (Phi) is 14.1. The maximum atomic E-state index is 11.6. The summed E-state index contributed by atoms with van der Waals surface area (Å²) in [6.45, 7) is 8.51. The topological polar surface area (TPSA) is 94.8 Å². The maximum Gasteiger partial charge on any atom is 0.382 e. The zero-order chi connectivity index (χ0) is 20.9. The quantitative estimate of drug-likeness (QED) is 0.176. The van der Waals surface area contributed by atoms with Gasteiger partial charge in [0.1, 0.15) is 0 Å². The van der Waals surface area contributed by atoms with E-state index in [1.165, 1.54) is 16.7 Å². The van der Waals surface area contributed by atoms with E-state index < -0.39 is 27.1 Å². The third-order valence-electron chi connectivity index (χ3n) is 4.39. The van der Waals surface area contributed by atoms with Crippen LogP contribution in [0, 0.1) is 0 Å². The van der Waals surface area contributed by atoms with E-state index in [2.05, 4.69) is 45.9 Å². The molecular formula is C20H37O5P2+. The van der Waals surface area contributed by atoms with Crippen molar-refractivity contribution < 1.29 is 24.0 Å². The highest BCUT2D eigenvalue weighted by atomic mass is 31.2. The van der Waals surface area contributed by atoms with E-state index in [9.17, 15) is 18.9 Å². The van der Waals surface area contributed by atoms with Crippen LogP contribution >= 0.6 is 15.4 Å². The summed E-state index contributed by atoms with van der Waals surface area (Å²) in [6, 6.07) is 0. The van der Waals surface area contributed by atoms with Crippen LogP contribution in [-0.4, -0.2) is 26.6 Å². The second-order valence-corrected chi connectivity index (χ2v) is 11.3. The molecular weight excluding hydrogens is 382 g/mol. The Bertz CT molecular complexity index is 583. The van der Waals surface area contributed by atoms with Crippen LogP contribution in [0.4, 0.5) is 0 Å². The first kappa shape index (κ1) is 26.4. The molecule has 7 heteroatoms. The van der Waals surface area contributed by atoms with Gasteiger partial charge in [0.05, 0.1) is 0 Å². The van der Waals surface area contributed by atoms with Crippen molar-refractivity contribution >= 4 is 15.4 Å². The smallest absolute Gasteiger partial charge is 0.353 e. The molecule has 0 rings (SSSR count). The average Bonchev–Trinajstić information content (AvgIpc) is 2.55. The second-order valence-electron chi connectivity index (χ2n) is 7.37. The van der Waals surface area contributed by atoms with Gasteiger partial charge in [0, 0.05) is 6.42 Å². The van der Waals surface area contributed by atoms with Gasteiger partial charge < -0.3 is 14.9 Å². The minimum absolute atomic E-state index is 0.181. The highest BCUT2D eigenvalue weighted by molar-refractivity contribution is 7.67. The average molecular weight is 419 g/mol. The van der Waals surface area contributed by atoms with Crippen molar-refractivity contribution in [2.45, 2.75) is 84.5 Å². The number of rotatable bonds is 14. The molecule has 0 radical (unpaired) electrons. The van der Waals surface area contributed by atoms with E-state index in [4.69, 9.17) is 5.11 Å². The van der Waals surface area contributed by atoms with E-state index in [0.717, 1.165) is 38.5 Å². The normalized spacial score (nSPS) is 14.9. The zero-order valence-corrected chi connectivity index (χ0v) is 19.0. The van der Waals surface area contributed by atoms with Crippen molar-refractivity contribution in [1.82, 2.24) is 0 Å². The summed E-state index contributed by atoms with van der Waals surface area (Å²) in [5.74, 6) is 0. The van der Waals surface area contributed by atoms with E-state index in [1.54, 1.807) is 0 Å². The van der Waals surface area contributed by atoms with Gasteiger partial charge in [-0.2, -0.15) is 0 Å². The van der Waals surface area contributed by atoms with Gasteiger partial charge in [0.15, 0.2) is 0 Å². The van der Waals surface area contributed by atoms with Crippen LogP contribution < -0.4 is 0 Å². The molecule has 0 heterocycles. The van der Waals surface area contributed by atoms with Gasteiger partial charge in [-0.1, -0.05) is 39.5 Å². The predicted molar refractivity (Wildman–Crippen MR) is 114 cm³/mol. The number of aliphatic hydroxyl groups excluding tert-OH is 1. The van der Waals surface area contributed by atoms with Crippen LogP contribution in [-0.2, 0) is 9.13 Å². The van der Waals surface area contributed by atoms with Crippen molar-refractivity contribution in [3.8, 4) is 0 Å². The molecule has 5 nitrogen and oxygen atoms in total. The number of hydrogen-bond acceptors (Lipinski definition) is 3. The molecule has 0 amide bonds. The standard InChI is InChI=1S/C20H36O5P2/c1-17(2)10-8-12-19(4)14-9-13-18(3)11-6-5-7-15-20(26(22)16-21)27(23,24)25/h10-11,14,20-21H,5-9,12-13,15-16H2,1-4H3,(H-,23,24,25)/p+1/b18-11+,19-14+. The Labute approximate surface area is 165 Å². The number of unbranched alkanes of at least 4 members (excludes halogenated alkanes) is 2. The van der Waals surface area contributed by atoms with Crippen LogP contribution in [0.15, 0.2) is 34.9 Å². The lowest BCUT2D eigenvalue weighted by Crippen LogP contribution is -2.05. The van der Waals surface area contributed by atoms with Crippen molar-refractivity contribution in [1.29, 1.82) is 0 Å². The van der Waals surface area contributed by atoms with Crippen molar-refractivity contribution in [3.63, 3.8) is 0 Å². The van der Waals surface area contributed by atoms with Gasteiger partial charge in [0.2, 0.25) is 6.35 Å². The fraction of sp³-hybridized carbons (Fsp3) is 0.700. The summed E-state index contributed by atoms with van der Waals surface area (Å²) in [4.78, 5) is 18.5. The molecule has 0 saturated heterocycles. The van der Waals surface area contributed by atoms with Gasteiger partial charge in [-0.15, -0.1) is 0 Å². The first-order valence-corrected chi connectivity index (χ1v) is 12.8. The largest absolute Gasteiger partial charge is 0.382 e. The van der Waals surface area contributed by atoms with Crippen LogP contribution in [0.25, 0.3) is 0 Å². The first-order chi connectivity index (χ1) is 12.6. The molecule has 0 spiro atoms. The summed E-state index contributed by atoms with van der Waals surface area (Å²) in [6.07, 6.45) is 12.7. The van der Waals surface area contributed by atoms with Crippen LogP contribution in [0.5, 0.6) is 0 Å². The Hall–Kier alpha value is -0.570. The minimum Gasteiger partial charge on any atom is -0.353 e. The Morgan fingerprint density at radius 2 is 1.44 bits per heavy atom. The highest BCUT2D eigenvalue weighted by Gasteiger charge is 2.43. The molecule has 0 aliphatic rings. The molecule has 2 unspecified atom stereocenters. The number of allylic oxidation sites excluding steroid dienone is 6. The molecule has 27 heavy (non-hydrogen) atoms. The van der Waals surface area contributed by atoms with Crippen LogP contribution in [0.2, 0.25) is 0 Å². The summed E-state index contributed by atoms with van der Waals surface area (Å²) in [7, 11) is -6.69. The lowest BCUT2D eigenvalue weighted by Gasteiger charge is -2.08. The Morgan fingerprint density at radius 3 is 1.93 bits per heavy atom. The lowest BCUT2D eigenvalue weighted by atomic mass is 10.1. The molecule has 156 valence electrons. The van der Waals surface area contributed by atoms with Gasteiger partial charge in [-0.05, 0) is 72.6 Å². The molecule has 0 saturated carbocycles. The highest BCUT2D eigenvalue weighted by Crippen LogP contribution is 2.55. The third-order valence-corrected chi connectivity index (χ3v) is 8.30. The fourth-order valence-electron chi connectivity index (χ4n) is 2.73. The van der Waals surface area contributed by atoms with E-state index in [-0.39, 0.29) is 6.42 Å². The molecule has 0 aromatic rings. The monoisotopic (exact) mass is 419 g/mol. The SMILES string of the molecule is CC(C)=CCC/C(C)=C/CC/C(C)=C/CCCCC([P+](=O)CO)P(=O)(O)O. The van der Waals surface area contributed by atoms with Crippen molar-refractivity contribution in [3.05, 3.63) is 34.9 Å². The number of aliphatic hydroxyl groups is 1. The van der Waals surface area contributed by atoms with Crippen molar-refractivity contribution in [2.75, 3.05) is 6.35 Å². The maximum absolute atomic E-state index is 11.6. The Morgan fingerprint density at radius 1 is 0.926 bits per heavy atom. The molecule has 3 N–H and O–H groups in total. The molecule has 0 aliphatic heterocycles. The lowest BCUT2D eigenvalue weighted by molar-refractivity contribution is 0.350. The number of hydrogen-bond donors (Lipinski definition) is 3. The summed E-state index contributed by atoms with van der Waals surface area (Å²) >= 11 is 0. The molecule has 0 aromatic heterocycles. The second kappa shape index (κ2) is 14.4. The van der Waals surface area contributed by atoms with E-state index in [0.29, 0.717) is 6.42 Å². The molecule has 0 aromatic carbocycles. The predicted octanol–water partition coefficient (Wildman–Crippen LogP) is 6.25. The molecule has 0 aliphatic carbocycles. The summed E-state index contributed by atoms with van der Waals surface area (Å²) < 4.78 is 22.9. The fourth-order valence-corrected chi connectivity index (χ4v) is 5.47. The summed E-state index contributed by atoms with van der Waals surface area (Å²) in [5, 5.41) is 7.67. The zero-order valence-electron chi connectivity index (χ0n) is 17.2. The van der Waals surface area contributed by atoms with E-state index >= 15 is 0 Å².